The van der Waals surface area contributed by atoms with E-state index in [4.69, 9.17) is 4.74 Å². The van der Waals surface area contributed by atoms with Gasteiger partial charge in [0, 0.05) is 18.7 Å². The third-order valence-corrected chi connectivity index (χ3v) is 3.66. The van der Waals surface area contributed by atoms with Crippen molar-refractivity contribution >= 4 is 17.3 Å². The first-order valence-corrected chi connectivity index (χ1v) is 7.01. The fourth-order valence-electron chi connectivity index (χ4n) is 2.52. The van der Waals surface area contributed by atoms with Crippen molar-refractivity contribution < 1.29 is 18.8 Å². The summed E-state index contributed by atoms with van der Waals surface area (Å²) in [6, 6.07) is 10.3. The van der Waals surface area contributed by atoms with E-state index in [1.807, 2.05) is 0 Å². The van der Waals surface area contributed by atoms with Crippen molar-refractivity contribution in [2.75, 3.05) is 18.1 Å². The molecular formula is C16H13FN2O4. The van der Waals surface area contributed by atoms with Gasteiger partial charge in [-0.3, -0.25) is 14.9 Å². The van der Waals surface area contributed by atoms with Gasteiger partial charge < -0.3 is 9.64 Å². The van der Waals surface area contributed by atoms with Crippen LogP contribution in [0.5, 0.6) is 5.75 Å². The summed E-state index contributed by atoms with van der Waals surface area (Å²) in [6.45, 7) is 0.0963. The van der Waals surface area contributed by atoms with Crippen molar-refractivity contribution in [1.82, 2.24) is 0 Å². The highest BCUT2D eigenvalue weighted by Gasteiger charge is 2.27. The number of hydrogen-bond donors (Lipinski definition) is 0. The summed E-state index contributed by atoms with van der Waals surface area (Å²) in [5, 5.41) is 10.9. The fraction of sp³-hybridized carbons (Fsp3) is 0.188. The van der Waals surface area contributed by atoms with E-state index in [0.717, 1.165) is 5.56 Å². The number of amides is 1. The molecule has 2 aromatic rings. The number of benzene rings is 2. The largest absolute Gasteiger partial charge is 0.481 e. The Balaban J connectivity index is 1.74. The topological polar surface area (TPSA) is 72.7 Å². The highest BCUT2D eigenvalue weighted by molar-refractivity contribution is 5.96. The number of nitro groups is 1. The minimum atomic E-state index is -0.544. The number of carbonyl (C=O) groups excluding carboxylic acids is 1. The zero-order valence-corrected chi connectivity index (χ0v) is 12.1. The monoisotopic (exact) mass is 316 g/mol. The number of nitro benzene ring substituents is 1. The summed E-state index contributed by atoms with van der Waals surface area (Å²) in [6.07, 6.45) is 0.624. The highest BCUT2D eigenvalue weighted by Crippen LogP contribution is 2.31. The van der Waals surface area contributed by atoms with Crippen LogP contribution in [0.2, 0.25) is 0 Å². The molecule has 1 amide bonds. The Kier molecular flexibility index (Phi) is 3.92. The number of anilines is 1. The SMILES string of the molecule is O=C(COc1ccccc1F)N1CCc2ccc([N+](=O)[O-])cc21. The van der Waals surface area contributed by atoms with Gasteiger partial charge in [0.05, 0.1) is 10.6 Å². The van der Waals surface area contributed by atoms with Crippen molar-refractivity contribution in [3.63, 3.8) is 0 Å². The van der Waals surface area contributed by atoms with Crippen LogP contribution in [0.3, 0.4) is 0 Å². The number of fused-ring (bicyclic) bond motifs is 1. The molecule has 1 aliphatic rings. The van der Waals surface area contributed by atoms with Gasteiger partial charge in [-0.25, -0.2) is 4.39 Å². The molecule has 0 saturated carbocycles. The van der Waals surface area contributed by atoms with E-state index < -0.39 is 10.7 Å². The van der Waals surface area contributed by atoms with Crippen LogP contribution in [0.4, 0.5) is 15.8 Å². The smallest absolute Gasteiger partial charge is 0.271 e. The second-order valence-electron chi connectivity index (χ2n) is 5.08. The Hall–Kier alpha value is -2.96. The molecule has 1 heterocycles. The maximum atomic E-state index is 13.5. The quantitative estimate of drug-likeness (QED) is 0.642. The molecule has 23 heavy (non-hydrogen) atoms. The Morgan fingerprint density at radius 3 is 2.83 bits per heavy atom. The average Bonchev–Trinajstić information content (AvgIpc) is 2.97. The fourth-order valence-corrected chi connectivity index (χ4v) is 2.52. The lowest BCUT2D eigenvalue weighted by molar-refractivity contribution is -0.384. The molecule has 0 aromatic heterocycles. The first kappa shape index (κ1) is 15.0. The molecule has 0 spiro atoms. The van der Waals surface area contributed by atoms with Gasteiger partial charge in [-0.05, 0) is 24.1 Å². The maximum absolute atomic E-state index is 13.5. The van der Waals surface area contributed by atoms with Crippen LogP contribution in [-0.4, -0.2) is 24.0 Å². The minimum Gasteiger partial charge on any atom is -0.481 e. The standard InChI is InChI=1S/C16H13FN2O4/c17-13-3-1-2-4-15(13)23-10-16(20)18-8-7-11-5-6-12(19(21)22)9-14(11)18/h1-6,9H,7-8,10H2. The van der Waals surface area contributed by atoms with Gasteiger partial charge in [-0.2, -0.15) is 0 Å². The van der Waals surface area contributed by atoms with Crippen molar-refractivity contribution in [3.8, 4) is 5.75 Å². The Labute approximate surface area is 131 Å². The summed E-state index contributed by atoms with van der Waals surface area (Å²) in [5.74, 6) is -0.912. The molecular weight excluding hydrogens is 303 g/mol. The summed E-state index contributed by atoms with van der Waals surface area (Å²) >= 11 is 0. The first-order chi connectivity index (χ1) is 11.1. The summed E-state index contributed by atoms with van der Waals surface area (Å²) < 4.78 is 18.7. The molecule has 0 aliphatic carbocycles. The Morgan fingerprint density at radius 2 is 2.09 bits per heavy atom. The lowest BCUT2D eigenvalue weighted by Gasteiger charge is -2.17. The molecule has 0 N–H and O–H groups in total. The lowest BCUT2D eigenvalue weighted by Crippen LogP contribution is -2.33. The normalized spacial score (nSPS) is 12.8. The molecule has 2 aromatic carbocycles. The third-order valence-electron chi connectivity index (χ3n) is 3.66. The second-order valence-corrected chi connectivity index (χ2v) is 5.08. The highest BCUT2D eigenvalue weighted by atomic mass is 19.1. The Bertz CT molecular complexity index is 778. The number of halogens is 1. The van der Waals surface area contributed by atoms with Crippen LogP contribution in [0.25, 0.3) is 0 Å². The lowest BCUT2D eigenvalue weighted by atomic mass is 10.1. The van der Waals surface area contributed by atoms with E-state index in [0.29, 0.717) is 18.7 Å². The van der Waals surface area contributed by atoms with E-state index in [1.54, 1.807) is 12.1 Å². The van der Waals surface area contributed by atoms with Gasteiger partial charge in [-0.1, -0.05) is 18.2 Å². The maximum Gasteiger partial charge on any atom is 0.271 e. The van der Waals surface area contributed by atoms with Crippen LogP contribution in [0, 0.1) is 15.9 Å². The molecule has 6 nitrogen and oxygen atoms in total. The average molecular weight is 316 g/mol. The van der Waals surface area contributed by atoms with Crippen molar-refractivity contribution in [1.29, 1.82) is 0 Å². The summed E-state index contributed by atoms with van der Waals surface area (Å²) in [7, 11) is 0. The number of non-ortho nitro benzene ring substituents is 1. The van der Waals surface area contributed by atoms with Crippen LogP contribution >= 0.6 is 0 Å². The zero-order valence-electron chi connectivity index (χ0n) is 12.1. The van der Waals surface area contributed by atoms with Gasteiger partial charge in [0.15, 0.2) is 18.2 Å². The molecule has 0 radical (unpaired) electrons. The van der Waals surface area contributed by atoms with Gasteiger partial charge >= 0.3 is 0 Å². The number of hydrogen-bond acceptors (Lipinski definition) is 4. The van der Waals surface area contributed by atoms with Crippen LogP contribution < -0.4 is 9.64 Å². The number of nitrogens with zero attached hydrogens (tertiary/aromatic N) is 2. The molecule has 118 valence electrons. The van der Waals surface area contributed by atoms with Gasteiger partial charge in [-0.15, -0.1) is 0 Å². The number of carbonyl (C=O) groups is 1. The third kappa shape index (κ3) is 2.98. The molecule has 3 rings (SSSR count). The van der Waals surface area contributed by atoms with Gasteiger partial charge in [0.1, 0.15) is 0 Å². The van der Waals surface area contributed by atoms with Gasteiger partial charge in [0.25, 0.3) is 11.6 Å². The van der Waals surface area contributed by atoms with Crippen LogP contribution in [0.15, 0.2) is 42.5 Å². The number of rotatable bonds is 4. The molecule has 7 heteroatoms. The number of ether oxygens (including phenoxy) is 1. The van der Waals surface area contributed by atoms with Crippen molar-refractivity contribution in [3.05, 3.63) is 64.0 Å². The predicted molar refractivity (Wildman–Crippen MR) is 81.0 cm³/mol. The summed E-state index contributed by atoms with van der Waals surface area (Å²) in [4.78, 5) is 24.1. The molecule has 0 atom stereocenters. The summed E-state index contributed by atoms with van der Waals surface area (Å²) in [5.41, 5.74) is 1.31. The first-order valence-electron chi connectivity index (χ1n) is 7.01. The molecule has 0 bridgehead atoms. The van der Waals surface area contributed by atoms with Crippen LogP contribution in [-0.2, 0) is 11.2 Å². The minimum absolute atomic E-state index is 0.000636. The predicted octanol–water partition coefficient (Wildman–Crippen LogP) is 2.70. The molecule has 1 aliphatic heterocycles. The second kappa shape index (κ2) is 6.04. The van der Waals surface area contributed by atoms with Crippen LogP contribution in [0.1, 0.15) is 5.56 Å². The molecule has 0 unspecified atom stereocenters. The van der Waals surface area contributed by atoms with E-state index in [9.17, 15) is 19.3 Å². The molecule has 0 fully saturated rings. The van der Waals surface area contributed by atoms with E-state index in [2.05, 4.69) is 0 Å². The van der Waals surface area contributed by atoms with E-state index >= 15 is 0 Å². The van der Waals surface area contributed by atoms with Gasteiger partial charge in [0.2, 0.25) is 0 Å². The zero-order chi connectivity index (χ0) is 16.4. The number of para-hydroxylation sites is 1. The molecule has 0 saturated heterocycles. The van der Waals surface area contributed by atoms with Crippen molar-refractivity contribution in [2.24, 2.45) is 0 Å². The van der Waals surface area contributed by atoms with Crippen molar-refractivity contribution in [2.45, 2.75) is 6.42 Å². The van der Waals surface area contributed by atoms with E-state index in [-0.39, 0.29) is 24.0 Å². The van der Waals surface area contributed by atoms with E-state index in [1.165, 1.54) is 35.2 Å². The Morgan fingerprint density at radius 1 is 1.30 bits per heavy atom.